The maximum absolute atomic E-state index is 11.5. The number of nitrogens with zero attached hydrogens (tertiary/aromatic N) is 3. The van der Waals surface area contributed by atoms with Crippen LogP contribution in [0.5, 0.6) is 0 Å². The van der Waals surface area contributed by atoms with Crippen LogP contribution in [0.3, 0.4) is 0 Å². The number of aromatic nitrogens is 3. The number of benzene rings is 3. The zero-order valence-corrected chi connectivity index (χ0v) is 17.8. The molecule has 0 fully saturated rings. The highest BCUT2D eigenvalue weighted by Gasteiger charge is 2.16. The number of nitrogens with two attached hydrogens (primary N) is 1. The first kappa shape index (κ1) is 20.2. The Bertz CT molecular complexity index is 1190. The molecule has 30 heavy (non-hydrogen) atoms. The van der Waals surface area contributed by atoms with Gasteiger partial charge in [0.2, 0.25) is 5.91 Å². The van der Waals surface area contributed by atoms with Gasteiger partial charge in [-0.2, -0.15) is 0 Å². The summed E-state index contributed by atoms with van der Waals surface area (Å²) in [6, 6.07) is 23.1. The summed E-state index contributed by atoms with van der Waals surface area (Å²) in [7, 11) is 0. The predicted molar refractivity (Wildman–Crippen MR) is 121 cm³/mol. The molecule has 4 rings (SSSR count). The highest BCUT2D eigenvalue weighted by atomic mass is 35.5. The van der Waals surface area contributed by atoms with Crippen LogP contribution < -0.4 is 5.73 Å². The van der Waals surface area contributed by atoms with Gasteiger partial charge in [-0.3, -0.25) is 9.36 Å². The molecule has 0 bridgehead atoms. The molecule has 5 nitrogen and oxygen atoms in total. The average molecular weight is 435 g/mol. The van der Waals surface area contributed by atoms with E-state index in [1.54, 1.807) is 17.8 Å². The number of rotatable bonds is 6. The zero-order valence-electron chi connectivity index (χ0n) is 16.2. The van der Waals surface area contributed by atoms with E-state index >= 15 is 0 Å². The van der Waals surface area contributed by atoms with Gasteiger partial charge in [-0.15, -0.1) is 10.2 Å². The molecule has 4 aromatic rings. The number of hydrogen-bond donors (Lipinski definition) is 1. The van der Waals surface area contributed by atoms with Crippen LogP contribution in [0, 0.1) is 6.92 Å². The van der Waals surface area contributed by atoms with E-state index in [0.29, 0.717) is 16.3 Å². The number of hydrogen-bond acceptors (Lipinski definition) is 4. The summed E-state index contributed by atoms with van der Waals surface area (Å²) >= 11 is 7.60. The number of carbonyl (C=O) groups is 1. The smallest absolute Gasteiger partial charge is 0.248 e. The summed E-state index contributed by atoms with van der Waals surface area (Å²) in [5, 5.41) is 10.3. The number of thioether (sulfide) groups is 1. The fraction of sp³-hybridized carbons (Fsp3) is 0.0870. The maximum Gasteiger partial charge on any atom is 0.248 e. The van der Waals surface area contributed by atoms with Crippen molar-refractivity contribution in [2.24, 2.45) is 5.73 Å². The number of primary amides is 1. The molecule has 0 aliphatic rings. The SMILES string of the molecule is Cc1ccc(-n2c(SCc3cccc(C(N)=O)c3)nnc2-c2ccc(Cl)cc2)cc1. The molecule has 3 aromatic carbocycles. The molecule has 0 spiro atoms. The molecular formula is C23H19ClN4OS. The van der Waals surface area contributed by atoms with Crippen molar-refractivity contribution in [2.75, 3.05) is 0 Å². The Labute approximate surface area is 183 Å². The van der Waals surface area contributed by atoms with Crippen molar-refractivity contribution in [2.45, 2.75) is 17.8 Å². The van der Waals surface area contributed by atoms with Crippen LogP contribution in [0.2, 0.25) is 5.02 Å². The van der Waals surface area contributed by atoms with Crippen LogP contribution in [-0.2, 0) is 5.75 Å². The first-order valence-corrected chi connectivity index (χ1v) is 10.7. The third-order valence-corrected chi connectivity index (χ3v) is 5.86. The van der Waals surface area contributed by atoms with Gasteiger partial charge in [0.25, 0.3) is 0 Å². The lowest BCUT2D eigenvalue weighted by Crippen LogP contribution is -2.10. The third-order valence-electron chi connectivity index (χ3n) is 4.61. The second kappa shape index (κ2) is 8.73. The normalized spacial score (nSPS) is 10.9. The minimum Gasteiger partial charge on any atom is -0.366 e. The molecule has 1 heterocycles. The van der Waals surface area contributed by atoms with E-state index in [0.717, 1.165) is 27.8 Å². The van der Waals surface area contributed by atoms with E-state index in [2.05, 4.69) is 41.4 Å². The summed E-state index contributed by atoms with van der Waals surface area (Å²) < 4.78 is 2.03. The molecule has 0 saturated heterocycles. The quantitative estimate of drug-likeness (QED) is 0.418. The largest absolute Gasteiger partial charge is 0.366 e. The van der Waals surface area contributed by atoms with Crippen LogP contribution in [0.1, 0.15) is 21.5 Å². The lowest BCUT2D eigenvalue weighted by Gasteiger charge is -2.11. The zero-order chi connectivity index (χ0) is 21.1. The minimum absolute atomic E-state index is 0.435. The Morgan fingerprint density at radius 2 is 1.77 bits per heavy atom. The Kier molecular flexibility index (Phi) is 5.88. The Morgan fingerprint density at radius 1 is 1.03 bits per heavy atom. The maximum atomic E-state index is 11.5. The van der Waals surface area contributed by atoms with Gasteiger partial charge >= 0.3 is 0 Å². The van der Waals surface area contributed by atoms with Gasteiger partial charge in [0.15, 0.2) is 11.0 Å². The molecule has 150 valence electrons. The second-order valence-corrected chi connectivity index (χ2v) is 8.22. The second-order valence-electron chi connectivity index (χ2n) is 6.84. The predicted octanol–water partition coefficient (Wildman–Crippen LogP) is 5.29. The highest BCUT2D eigenvalue weighted by Crippen LogP contribution is 2.30. The lowest BCUT2D eigenvalue weighted by molar-refractivity contribution is 0.1000. The summed E-state index contributed by atoms with van der Waals surface area (Å²) in [5.41, 5.74) is 9.96. The van der Waals surface area contributed by atoms with Gasteiger partial charge in [-0.1, -0.05) is 53.2 Å². The van der Waals surface area contributed by atoms with E-state index in [4.69, 9.17) is 17.3 Å². The van der Waals surface area contributed by atoms with Gasteiger partial charge in [-0.25, -0.2) is 0 Å². The lowest BCUT2D eigenvalue weighted by atomic mass is 10.1. The molecule has 7 heteroatoms. The Balaban J connectivity index is 1.70. The van der Waals surface area contributed by atoms with E-state index in [-0.39, 0.29) is 0 Å². The topological polar surface area (TPSA) is 73.8 Å². The van der Waals surface area contributed by atoms with E-state index < -0.39 is 5.91 Å². The fourth-order valence-corrected chi connectivity index (χ4v) is 4.06. The average Bonchev–Trinajstić information content (AvgIpc) is 3.17. The van der Waals surface area contributed by atoms with Crippen molar-refractivity contribution in [3.05, 3.63) is 94.5 Å². The van der Waals surface area contributed by atoms with Gasteiger partial charge in [0.1, 0.15) is 0 Å². The molecule has 0 unspecified atom stereocenters. The molecule has 0 radical (unpaired) electrons. The van der Waals surface area contributed by atoms with Crippen molar-refractivity contribution in [1.29, 1.82) is 0 Å². The van der Waals surface area contributed by atoms with Crippen LogP contribution >= 0.6 is 23.4 Å². The summed E-state index contributed by atoms with van der Waals surface area (Å²) in [5.74, 6) is 0.935. The molecule has 0 atom stereocenters. The van der Waals surface area contributed by atoms with Crippen molar-refractivity contribution in [1.82, 2.24) is 14.8 Å². The summed E-state index contributed by atoms with van der Waals surface area (Å²) in [4.78, 5) is 11.5. The number of carbonyl (C=O) groups excluding carboxylic acids is 1. The molecule has 1 aromatic heterocycles. The molecular weight excluding hydrogens is 416 g/mol. The van der Waals surface area contributed by atoms with Crippen molar-refractivity contribution in [3.63, 3.8) is 0 Å². The first-order valence-electron chi connectivity index (χ1n) is 9.31. The monoisotopic (exact) mass is 434 g/mol. The highest BCUT2D eigenvalue weighted by molar-refractivity contribution is 7.98. The van der Waals surface area contributed by atoms with E-state index in [1.807, 2.05) is 47.0 Å². The number of aryl methyl sites for hydroxylation is 1. The standard InChI is InChI=1S/C23H19ClN4OS/c1-15-5-11-20(12-6-15)28-22(17-7-9-19(24)10-8-17)26-27-23(28)30-14-16-3-2-4-18(13-16)21(25)29/h2-13H,14H2,1H3,(H2,25,29). The van der Waals surface area contributed by atoms with Crippen molar-refractivity contribution < 1.29 is 4.79 Å². The van der Waals surface area contributed by atoms with Crippen LogP contribution in [0.4, 0.5) is 0 Å². The van der Waals surface area contributed by atoms with E-state index in [1.165, 1.54) is 5.56 Å². The summed E-state index contributed by atoms with van der Waals surface area (Å²) in [6.45, 7) is 2.05. The van der Waals surface area contributed by atoms with Gasteiger partial charge < -0.3 is 5.73 Å². The van der Waals surface area contributed by atoms with Crippen LogP contribution in [-0.4, -0.2) is 20.7 Å². The van der Waals surface area contributed by atoms with Crippen molar-refractivity contribution >= 4 is 29.3 Å². The molecule has 0 aliphatic heterocycles. The first-order chi connectivity index (χ1) is 14.5. The minimum atomic E-state index is -0.435. The van der Waals surface area contributed by atoms with Crippen molar-refractivity contribution in [3.8, 4) is 17.1 Å². The summed E-state index contributed by atoms with van der Waals surface area (Å²) in [6.07, 6.45) is 0. The number of halogens is 1. The molecule has 2 N–H and O–H groups in total. The Hall–Kier alpha value is -3.09. The van der Waals surface area contributed by atoms with Gasteiger partial charge in [-0.05, 0) is 61.0 Å². The molecule has 0 aliphatic carbocycles. The van der Waals surface area contributed by atoms with Crippen LogP contribution in [0.15, 0.2) is 78.0 Å². The van der Waals surface area contributed by atoms with Gasteiger partial charge in [0.05, 0.1) is 0 Å². The molecule has 0 saturated carbocycles. The van der Waals surface area contributed by atoms with Crippen LogP contribution in [0.25, 0.3) is 17.1 Å². The van der Waals surface area contributed by atoms with Gasteiger partial charge in [0, 0.05) is 27.6 Å². The number of amides is 1. The fourth-order valence-electron chi connectivity index (χ4n) is 3.04. The third kappa shape index (κ3) is 4.40. The van der Waals surface area contributed by atoms with E-state index in [9.17, 15) is 4.79 Å². The Morgan fingerprint density at radius 3 is 2.47 bits per heavy atom. The molecule has 1 amide bonds.